The number of unbranched alkanes of at least 4 members (excludes halogenated alkanes) is 19. The molecule has 1 fully saturated rings. The van der Waals surface area contributed by atoms with Crippen LogP contribution in [0, 0.1) is 0 Å². The molecule has 1 amide bonds. The molecule has 282 valence electrons. The molecular formula is C39H73NO8. The molecule has 0 bridgehead atoms. The topological polar surface area (TPSA) is 149 Å². The summed E-state index contributed by atoms with van der Waals surface area (Å²) in [4.78, 5) is 12.8. The molecule has 1 saturated heterocycles. The zero-order valence-corrected chi connectivity index (χ0v) is 30.5. The maximum Gasteiger partial charge on any atom is 0.220 e. The van der Waals surface area contributed by atoms with Gasteiger partial charge in [-0.05, 0) is 32.1 Å². The van der Waals surface area contributed by atoms with Gasteiger partial charge in [-0.1, -0.05) is 147 Å². The van der Waals surface area contributed by atoms with Gasteiger partial charge in [-0.3, -0.25) is 4.79 Å². The van der Waals surface area contributed by atoms with Gasteiger partial charge in [-0.15, -0.1) is 0 Å². The highest BCUT2D eigenvalue weighted by Crippen LogP contribution is 2.22. The van der Waals surface area contributed by atoms with Crippen LogP contribution in [0.1, 0.15) is 162 Å². The summed E-state index contributed by atoms with van der Waals surface area (Å²) in [6.07, 6.45) is 26.5. The summed E-state index contributed by atoms with van der Waals surface area (Å²) >= 11 is 0. The molecule has 0 aromatic carbocycles. The van der Waals surface area contributed by atoms with Crippen molar-refractivity contribution in [1.29, 1.82) is 0 Å². The highest BCUT2D eigenvalue weighted by Gasteiger charge is 2.44. The van der Waals surface area contributed by atoms with E-state index in [0.29, 0.717) is 6.42 Å². The summed E-state index contributed by atoms with van der Waals surface area (Å²) in [7, 11) is 0. The molecule has 0 aliphatic carbocycles. The van der Waals surface area contributed by atoms with Crippen LogP contribution in [0.5, 0.6) is 0 Å². The number of nitrogens with one attached hydrogen (secondary N) is 1. The molecule has 6 N–H and O–H groups in total. The molecule has 9 heteroatoms. The Labute approximate surface area is 292 Å². The lowest BCUT2D eigenvalue weighted by Gasteiger charge is -2.40. The number of carbonyl (C=O) groups is 1. The molecule has 1 aliphatic rings. The lowest BCUT2D eigenvalue weighted by atomic mass is 9.99. The van der Waals surface area contributed by atoms with Gasteiger partial charge >= 0.3 is 0 Å². The van der Waals surface area contributed by atoms with Crippen molar-refractivity contribution < 1.29 is 39.8 Å². The van der Waals surface area contributed by atoms with Gasteiger partial charge in [0.15, 0.2) is 6.29 Å². The lowest BCUT2D eigenvalue weighted by molar-refractivity contribution is -0.302. The highest BCUT2D eigenvalue weighted by atomic mass is 16.7. The maximum atomic E-state index is 12.8. The first kappa shape index (κ1) is 44.7. The van der Waals surface area contributed by atoms with E-state index < -0.39 is 49.5 Å². The molecular weight excluding hydrogens is 610 g/mol. The van der Waals surface area contributed by atoms with Crippen molar-refractivity contribution in [2.45, 2.75) is 204 Å². The van der Waals surface area contributed by atoms with E-state index >= 15 is 0 Å². The predicted molar refractivity (Wildman–Crippen MR) is 193 cm³/mol. The number of aliphatic hydroxyl groups excluding tert-OH is 5. The minimum atomic E-state index is -1.57. The number of allylic oxidation sites excluding steroid dienone is 3. The quantitative estimate of drug-likeness (QED) is 0.0346. The molecule has 1 aliphatic heterocycles. The maximum absolute atomic E-state index is 12.8. The number of carbonyl (C=O) groups excluding carboxylic acids is 1. The van der Waals surface area contributed by atoms with Crippen molar-refractivity contribution in [2.75, 3.05) is 13.2 Å². The Morgan fingerprint density at radius 3 is 1.75 bits per heavy atom. The van der Waals surface area contributed by atoms with Crippen LogP contribution in [-0.2, 0) is 14.3 Å². The molecule has 7 atom stereocenters. The van der Waals surface area contributed by atoms with Crippen LogP contribution in [0.4, 0.5) is 0 Å². The standard InChI is InChI=1S/C39H73NO8/c1-3-5-7-9-11-13-15-16-17-18-19-20-22-24-26-28-33(42)32(31-47-39-38(46)37(45)36(44)34(30-41)48-39)40-35(43)29-27-25-23-21-14-12-10-8-6-4-2/h19-20,26,28,32-34,36-39,41-42,44-46H,3-18,21-25,27,29-31H2,1-2H3,(H,40,43)/b20-19+,28-26+/t32-,33+,34+,36+,37?,38?,39+/m0/s1. The van der Waals surface area contributed by atoms with Gasteiger partial charge in [0.1, 0.15) is 24.4 Å². The van der Waals surface area contributed by atoms with Gasteiger partial charge in [0.2, 0.25) is 5.91 Å². The highest BCUT2D eigenvalue weighted by molar-refractivity contribution is 5.76. The Bertz CT molecular complexity index is 807. The van der Waals surface area contributed by atoms with Gasteiger partial charge in [0, 0.05) is 6.42 Å². The molecule has 2 unspecified atom stereocenters. The Morgan fingerprint density at radius 2 is 1.19 bits per heavy atom. The average molecular weight is 684 g/mol. The van der Waals surface area contributed by atoms with Crippen molar-refractivity contribution in [2.24, 2.45) is 0 Å². The lowest BCUT2D eigenvalue weighted by Crippen LogP contribution is -2.60. The van der Waals surface area contributed by atoms with E-state index in [-0.39, 0.29) is 12.5 Å². The molecule has 0 aromatic rings. The second-order valence-electron chi connectivity index (χ2n) is 13.7. The number of rotatable bonds is 31. The molecule has 9 nitrogen and oxygen atoms in total. The van der Waals surface area contributed by atoms with Crippen LogP contribution < -0.4 is 5.32 Å². The Morgan fingerprint density at radius 1 is 0.688 bits per heavy atom. The van der Waals surface area contributed by atoms with Crippen molar-refractivity contribution in [3.63, 3.8) is 0 Å². The summed E-state index contributed by atoms with van der Waals surface area (Å²) in [6.45, 7) is 3.71. The van der Waals surface area contributed by atoms with Crippen LogP contribution in [0.3, 0.4) is 0 Å². The van der Waals surface area contributed by atoms with Gasteiger partial charge < -0.3 is 40.3 Å². The number of aliphatic hydroxyl groups is 5. The first-order valence-electron chi connectivity index (χ1n) is 19.6. The zero-order chi connectivity index (χ0) is 35.2. The third kappa shape index (κ3) is 21.7. The fourth-order valence-electron chi connectivity index (χ4n) is 6.05. The largest absolute Gasteiger partial charge is 0.394 e. The second-order valence-corrected chi connectivity index (χ2v) is 13.7. The number of hydrogen-bond acceptors (Lipinski definition) is 8. The van der Waals surface area contributed by atoms with Gasteiger partial charge in [-0.25, -0.2) is 0 Å². The Kier molecular flexibility index (Phi) is 28.4. The summed E-state index contributed by atoms with van der Waals surface area (Å²) in [6, 6.07) is -0.813. The molecule has 0 saturated carbocycles. The predicted octanol–water partition coefficient (Wildman–Crippen LogP) is 6.77. The summed E-state index contributed by atoms with van der Waals surface area (Å²) in [5, 5.41) is 53.8. The molecule has 0 spiro atoms. The van der Waals surface area contributed by atoms with E-state index in [1.165, 1.54) is 103 Å². The first-order valence-corrected chi connectivity index (χ1v) is 19.6. The SMILES string of the molecule is CCCCCCCCCCC/C=C/CC/C=C/[C@@H](O)[C@H](CO[C@@H]1O[C@H](CO)[C@@H](O)C(O)C1O)NC(=O)CCCCCCCCCCCC. The summed E-state index contributed by atoms with van der Waals surface area (Å²) in [5.74, 6) is -0.191. The van der Waals surface area contributed by atoms with Gasteiger partial charge in [0.25, 0.3) is 0 Å². The normalized spacial score (nSPS) is 22.9. The molecule has 0 aromatic heterocycles. The first-order chi connectivity index (χ1) is 23.3. The second kappa shape index (κ2) is 30.5. The third-order valence-corrected chi connectivity index (χ3v) is 9.28. The van der Waals surface area contributed by atoms with E-state index in [1.54, 1.807) is 6.08 Å². The fraction of sp³-hybridized carbons (Fsp3) is 0.872. The van der Waals surface area contributed by atoms with Crippen LogP contribution in [0.25, 0.3) is 0 Å². The molecule has 1 heterocycles. The third-order valence-electron chi connectivity index (χ3n) is 9.28. The molecule has 48 heavy (non-hydrogen) atoms. The average Bonchev–Trinajstić information content (AvgIpc) is 3.08. The minimum Gasteiger partial charge on any atom is -0.394 e. The van der Waals surface area contributed by atoms with Crippen molar-refractivity contribution in [3.8, 4) is 0 Å². The van der Waals surface area contributed by atoms with Crippen LogP contribution >= 0.6 is 0 Å². The van der Waals surface area contributed by atoms with E-state index in [2.05, 4.69) is 31.3 Å². The zero-order valence-electron chi connectivity index (χ0n) is 30.5. The summed E-state index contributed by atoms with van der Waals surface area (Å²) in [5.41, 5.74) is 0. The van der Waals surface area contributed by atoms with E-state index in [1.807, 2.05) is 6.08 Å². The number of ether oxygens (including phenoxy) is 2. The van der Waals surface area contributed by atoms with Crippen molar-refractivity contribution in [1.82, 2.24) is 5.32 Å². The Balaban J connectivity index is 2.48. The van der Waals surface area contributed by atoms with E-state index in [0.717, 1.165) is 38.5 Å². The molecule has 0 radical (unpaired) electrons. The van der Waals surface area contributed by atoms with Crippen LogP contribution in [-0.4, -0.2) is 87.5 Å². The van der Waals surface area contributed by atoms with Crippen LogP contribution in [0.15, 0.2) is 24.3 Å². The van der Waals surface area contributed by atoms with Crippen molar-refractivity contribution >= 4 is 5.91 Å². The van der Waals surface area contributed by atoms with Crippen molar-refractivity contribution in [3.05, 3.63) is 24.3 Å². The Hall–Kier alpha value is -1.33. The van der Waals surface area contributed by atoms with Crippen LogP contribution in [0.2, 0.25) is 0 Å². The van der Waals surface area contributed by atoms with Gasteiger partial charge in [-0.2, -0.15) is 0 Å². The monoisotopic (exact) mass is 684 g/mol. The molecule has 1 rings (SSSR count). The fourth-order valence-corrected chi connectivity index (χ4v) is 6.05. The van der Waals surface area contributed by atoms with E-state index in [4.69, 9.17) is 9.47 Å². The minimum absolute atomic E-state index is 0.191. The number of hydrogen-bond donors (Lipinski definition) is 6. The number of amides is 1. The smallest absolute Gasteiger partial charge is 0.220 e. The van der Waals surface area contributed by atoms with E-state index in [9.17, 15) is 30.3 Å². The summed E-state index contributed by atoms with van der Waals surface area (Å²) < 4.78 is 11.1. The van der Waals surface area contributed by atoms with Gasteiger partial charge in [0.05, 0.1) is 25.4 Å².